The van der Waals surface area contributed by atoms with Crippen molar-refractivity contribution < 1.29 is 22.6 Å². The normalized spacial score (nSPS) is 14.0. The molecule has 2 atom stereocenters. The van der Waals surface area contributed by atoms with Crippen LogP contribution in [0.2, 0.25) is 0 Å². The number of aliphatic hydroxyl groups excluding tert-OH is 1. The summed E-state index contributed by atoms with van der Waals surface area (Å²) >= 11 is 0. The Labute approximate surface area is 143 Å². The molecule has 0 heterocycles. The third kappa shape index (κ3) is 30.3. The molecule has 0 amide bonds. The lowest BCUT2D eigenvalue weighted by Crippen LogP contribution is -2.00. The molecule has 23 heavy (non-hydrogen) atoms. The van der Waals surface area contributed by atoms with Crippen molar-refractivity contribution in [3.63, 3.8) is 0 Å². The molecule has 0 aliphatic rings. The maximum atomic E-state index is 8.94. The maximum absolute atomic E-state index is 8.94. The summed E-state index contributed by atoms with van der Waals surface area (Å²) in [6.45, 7) is 7.18. The van der Waals surface area contributed by atoms with Gasteiger partial charge in [-0.2, -0.15) is 0 Å². The highest BCUT2D eigenvalue weighted by atomic mass is 32.3. The lowest BCUT2D eigenvalue weighted by Gasteiger charge is -2.11. The Kier molecular flexibility index (Phi) is 18.2. The predicted octanol–water partition coefficient (Wildman–Crippen LogP) is 4.22. The highest BCUT2D eigenvalue weighted by Gasteiger charge is 2.03. The topological polar surface area (TPSA) is 100 Å². The number of unbranched alkanes of at least 4 members (excludes halogenated alkanes) is 6. The van der Waals surface area contributed by atoms with Crippen LogP contribution in [-0.4, -0.2) is 29.2 Å². The summed E-state index contributed by atoms with van der Waals surface area (Å²) in [4.78, 5) is 0. The molecular formula is C17H36O5S-2. The first kappa shape index (κ1) is 25.1. The molecule has 0 radical (unpaired) electrons. The van der Waals surface area contributed by atoms with E-state index in [-0.39, 0.29) is 0 Å². The van der Waals surface area contributed by atoms with Gasteiger partial charge in [-0.1, -0.05) is 85.0 Å². The van der Waals surface area contributed by atoms with Crippen molar-refractivity contribution in [3.05, 3.63) is 0 Å². The Balaban J connectivity index is 0. The van der Waals surface area contributed by atoms with Gasteiger partial charge in [-0.25, -0.2) is 0 Å². The van der Waals surface area contributed by atoms with Crippen LogP contribution in [-0.2, 0) is 10.4 Å². The second-order valence-corrected chi connectivity index (χ2v) is 7.46. The molecule has 0 spiro atoms. The van der Waals surface area contributed by atoms with Crippen LogP contribution >= 0.6 is 0 Å². The molecule has 0 bridgehead atoms. The van der Waals surface area contributed by atoms with Gasteiger partial charge < -0.3 is 14.2 Å². The molecular weight excluding hydrogens is 316 g/mol. The molecule has 0 aromatic carbocycles. The highest BCUT2D eigenvalue weighted by molar-refractivity contribution is 7.79. The second-order valence-electron chi connectivity index (χ2n) is 6.64. The Morgan fingerprint density at radius 1 is 0.783 bits per heavy atom. The molecule has 142 valence electrons. The van der Waals surface area contributed by atoms with Crippen molar-refractivity contribution in [1.82, 2.24) is 0 Å². The Hall–Kier alpha value is -0.170. The van der Waals surface area contributed by atoms with Gasteiger partial charge in [0.15, 0.2) is 0 Å². The minimum Gasteiger partial charge on any atom is -0.759 e. The van der Waals surface area contributed by atoms with Gasteiger partial charge in [0.05, 0.1) is 0 Å². The smallest absolute Gasteiger partial charge is 0.0456 e. The van der Waals surface area contributed by atoms with Crippen LogP contribution in [0, 0.1) is 11.8 Å². The summed E-state index contributed by atoms with van der Waals surface area (Å²) in [5.41, 5.74) is 0. The van der Waals surface area contributed by atoms with Gasteiger partial charge >= 0.3 is 0 Å². The quantitative estimate of drug-likeness (QED) is 0.304. The molecule has 6 heteroatoms. The van der Waals surface area contributed by atoms with Crippen LogP contribution < -0.4 is 0 Å². The van der Waals surface area contributed by atoms with Gasteiger partial charge in [0.25, 0.3) is 0 Å². The molecule has 0 aromatic rings. The van der Waals surface area contributed by atoms with Gasteiger partial charge in [-0.05, 0) is 18.3 Å². The molecule has 0 aromatic heterocycles. The first-order chi connectivity index (χ1) is 10.7. The standard InChI is InChI=1S/C17H36O.H2O4S/c1-4-5-6-7-9-12-16(2)13-10-8-11-14-17(3)15-18;1-5(2,3)4/h16-18H,4-15H2,1-3H3;(H2,1,2,3,4)/p-2. The molecule has 5 nitrogen and oxygen atoms in total. The monoisotopic (exact) mass is 352 g/mol. The van der Waals surface area contributed by atoms with E-state index in [1.165, 1.54) is 70.6 Å². The highest BCUT2D eigenvalue weighted by Crippen LogP contribution is 2.18. The zero-order valence-electron chi connectivity index (χ0n) is 15.1. The van der Waals surface area contributed by atoms with Crippen LogP contribution in [0.3, 0.4) is 0 Å². The third-order valence-corrected chi connectivity index (χ3v) is 4.01. The summed E-state index contributed by atoms with van der Waals surface area (Å²) in [5.74, 6) is 1.42. The van der Waals surface area contributed by atoms with Crippen molar-refractivity contribution in [3.8, 4) is 0 Å². The molecule has 0 fully saturated rings. The van der Waals surface area contributed by atoms with E-state index in [1.54, 1.807) is 0 Å². The van der Waals surface area contributed by atoms with Crippen LogP contribution in [0.15, 0.2) is 0 Å². The SMILES string of the molecule is CCCCCCCC(C)CCCCCC(C)CO.O=S(=O)([O-])[O-]. The van der Waals surface area contributed by atoms with Crippen molar-refractivity contribution >= 4 is 10.4 Å². The summed E-state index contributed by atoms with van der Waals surface area (Å²) in [7, 11) is -5.17. The van der Waals surface area contributed by atoms with Crippen LogP contribution in [0.5, 0.6) is 0 Å². The van der Waals surface area contributed by atoms with Gasteiger partial charge in [-0.3, -0.25) is 8.42 Å². The zero-order valence-corrected chi connectivity index (χ0v) is 15.9. The number of hydrogen-bond acceptors (Lipinski definition) is 5. The Morgan fingerprint density at radius 3 is 1.52 bits per heavy atom. The van der Waals surface area contributed by atoms with E-state index in [2.05, 4.69) is 20.8 Å². The number of rotatable bonds is 13. The fraction of sp³-hybridized carbons (Fsp3) is 1.00. The van der Waals surface area contributed by atoms with E-state index in [0.29, 0.717) is 12.5 Å². The van der Waals surface area contributed by atoms with Crippen LogP contribution in [0.4, 0.5) is 0 Å². The largest absolute Gasteiger partial charge is 0.759 e. The van der Waals surface area contributed by atoms with E-state index in [4.69, 9.17) is 22.6 Å². The van der Waals surface area contributed by atoms with Crippen molar-refractivity contribution in [2.75, 3.05) is 6.61 Å². The summed E-state index contributed by atoms with van der Waals surface area (Å²) in [5, 5.41) is 8.94. The van der Waals surface area contributed by atoms with E-state index in [1.807, 2.05) is 0 Å². The fourth-order valence-electron chi connectivity index (χ4n) is 2.49. The number of hydrogen-bond donors (Lipinski definition) is 1. The summed E-state index contributed by atoms with van der Waals surface area (Å²) in [6, 6.07) is 0. The van der Waals surface area contributed by atoms with E-state index < -0.39 is 10.4 Å². The van der Waals surface area contributed by atoms with Gasteiger partial charge in [0.2, 0.25) is 0 Å². The average molecular weight is 353 g/mol. The molecule has 0 aliphatic carbocycles. The van der Waals surface area contributed by atoms with Gasteiger partial charge in [0.1, 0.15) is 0 Å². The molecule has 0 saturated carbocycles. The van der Waals surface area contributed by atoms with Gasteiger partial charge in [0, 0.05) is 17.0 Å². The van der Waals surface area contributed by atoms with Crippen molar-refractivity contribution in [2.24, 2.45) is 11.8 Å². The van der Waals surface area contributed by atoms with Crippen molar-refractivity contribution in [2.45, 2.75) is 91.4 Å². The van der Waals surface area contributed by atoms with E-state index in [0.717, 1.165) is 5.92 Å². The summed E-state index contributed by atoms with van der Waals surface area (Å²) in [6.07, 6.45) is 15.1. The molecule has 0 saturated heterocycles. The van der Waals surface area contributed by atoms with Gasteiger partial charge in [-0.15, -0.1) is 0 Å². The fourth-order valence-corrected chi connectivity index (χ4v) is 2.49. The lowest BCUT2D eigenvalue weighted by atomic mass is 9.95. The predicted molar refractivity (Wildman–Crippen MR) is 92.3 cm³/mol. The van der Waals surface area contributed by atoms with E-state index >= 15 is 0 Å². The molecule has 1 N–H and O–H groups in total. The maximum Gasteiger partial charge on any atom is 0.0456 e. The molecule has 2 unspecified atom stereocenters. The minimum absolute atomic E-state index is 0.355. The molecule has 0 aliphatic heterocycles. The molecule has 0 rings (SSSR count). The average Bonchev–Trinajstić information content (AvgIpc) is 2.44. The van der Waals surface area contributed by atoms with Crippen molar-refractivity contribution in [1.29, 1.82) is 0 Å². The summed E-state index contributed by atoms with van der Waals surface area (Å²) < 4.78 is 34.1. The first-order valence-corrected chi connectivity index (χ1v) is 10.3. The number of aliphatic hydroxyl groups is 1. The Morgan fingerprint density at radius 2 is 1.13 bits per heavy atom. The lowest BCUT2D eigenvalue weighted by molar-refractivity contribution is 0.227. The third-order valence-electron chi connectivity index (χ3n) is 4.01. The Bertz CT molecular complexity index is 322. The first-order valence-electron chi connectivity index (χ1n) is 8.98. The zero-order chi connectivity index (χ0) is 18.1. The second kappa shape index (κ2) is 16.7. The van der Waals surface area contributed by atoms with E-state index in [9.17, 15) is 0 Å². The van der Waals surface area contributed by atoms with Crippen LogP contribution in [0.1, 0.15) is 91.4 Å². The minimum atomic E-state index is -5.17. The van der Waals surface area contributed by atoms with Crippen LogP contribution in [0.25, 0.3) is 0 Å².